The second kappa shape index (κ2) is 7.18. The maximum absolute atomic E-state index is 5.69. The van der Waals surface area contributed by atoms with E-state index in [1.54, 1.807) is 0 Å². The van der Waals surface area contributed by atoms with Crippen LogP contribution in [-0.4, -0.2) is 41.3 Å². The average Bonchev–Trinajstić information content (AvgIpc) is 2.46. The third kappa shape index (κ3) is 5.25. The summed E-state index contributed by atoms with van der Waals surface area (Å²) in [5, 5.41) is 3.45. The van der Waals surface area contributed by atoms with Gasteiger partial charge < -0.3 is 15.0 Å². The molecule has 0 aliphatic carbocycles. The average molecular weight is 292 g/mol. The van der Waals surface area contributed by atoms with Gasteiger partial charge in [-0.3, -0.25) is 4.98 Å². The molecule has 0 atom stereocenters. The molecule has 118 valence electrons. The van der Waals surface area contributed by atoms with Crippen molar-refractivity contribution in [3.05, 3.63) is 18.1 Å². The minimum Gasteiger partial charge on any atom is -0.378 e. The molecule has 1 fully saturated rings. The largest absolute Gasteiger partial charge is 0.378 e. The van der Waals surface area contributed by atoms with Crippen LogP contribution in [-0.2, 0) is 11.3 Å². The van der Waals surface area contributed by atoms with Crippen LogP contribution < -0.4 is 10.2 Å². The van der Waals surface area contributed by atoms with Crippen LogP contribution in [0.25, 0.3) is 0 Å². The zero-order valence-electron chi connectivity index (χ0n) is 13.7. The molecular weight excluding hydrogens is 264 g/mol. The number of anilines is 1. The van der Waals surface area contributed by atoms with Gasteiger partial charge in [-0.05, 0) is 40.5 Å². The molecule has 0 spiro atoms. The van der Waals surface area contributed by atoms with Crippen molar-refractivity contribution in [1.29, 1.82) is 0 Å². The van der Waals surface area contributed by atoms with Gasteiger partial charge in [0.15, 0.2) is 0 Å². The second-order valence-corrected chi connectivity index (χ2v) is 6.61. The fourth-order valence-electron chi connectivity index (χ4n) is 2.48. The van der Waals surface area contributed by atoms with Crippen LogP contribution in [0.2, 0.25) is 0 Å². The van der Waals surface area contributed by atoms with Crippen molar-refractivity contribution in [3.63, 3.8) is 0 Å². The standard InChI is InChI=1S/C16H28N4O/c1-5-21-14-6-8-20(9-7-14)15-12-17-10-13(19-15)11-18-16(2,3)4/h10,12,14,18H,5-9,11H2,1-4H3. The van der Waals surface area contributed by atoms with Gasteiger partial charge in [-0.15, -0.1) is 0 Å². The Morgan fingerprint density at radius 2 is 2.00 bits per heavy atom. The molecule has 0 aromatic carbocycles. The van der Waals surface area contributed by atoms with Gasteiger partial charge in [0.2, 0.25) is 0 Å². The van der Waals surface area contributed by atoms with E-state index in [0.29, 0.717) is 6.10 Å². The summed E-state index contributed by atoms with van der Waals surface area (Å²) in [6, 6.07) is 0. The summed E-state index contributed by atoms with van der Waals surface area (Å²) in [5.41, 5.74) is 1.09. The van der Waals surface area contributed by atoms with Crippen LogP contribution in [0.5, 0.6) is 0 Å². The van der Waals surface area contributed by atoms with Crippen molar-refractivity contribution in [2.75, 3.05) is 24.6 Å². The van der Waals surface area contributed by atoms with Crippen molar-refractivity contribution in [3.8, 4) is 0 Å². The van der Waals surface area contributed by atoms with Crippen LogP contribution in [0.1, 0.15) is 46.2 Å². The molecule has 1 N–H and O–H groups in total. The Hall–Kier alpha value is -1.20. The van der Waals surface area contributed by atoms with Crippen LogP contribution in [0.4, 0.5) is 5.82 Å². The number of hydrogen-bond acceptors (Lipinski definition) is 5. The van der Waals surface area contributed by atoms with E-state index in [1.165, 1.54) is 0 Å². The molecule has 0 radical (unpaired) electrons. The van der Waals surface area contributed by atoms with Gasteiger partial charge in [0.25, 0.3) is 0 Å². The van der Waals surface area contributed by atoms with E-state index >= 15 is 0 Å². The number of rotatable bonds is 5. The van der Waals surface area contributed by atoms with Gasteiger partial charge in [-0.1, -0.05) is 0 Å². The number of aromatic nitrogens is 2. The van der Waals surface area contributed by atoms with Crippen LogP contribution in [0, 0.1) is 0 Å². The van der Waals surface area contributed by atoms with E-state index in [-0.39, 0.29) is 5.54 Å². The van der Waals surface area contributed by atoms with Gasteiger partial charge in [0.1, 0.15) is 5.82 Å². The van der Waals surface area contributed by atoms with Gasteiger partial charge >= 0.3 is 0 Å². The highest BCUT2D eigenvalue weighted by Crippen LogP contribution is 2.19. The normalized spacial score (nSPS) is 17.2. The molecule has 0 amide bonds. The smallest absolute Gasteiger partial charge is 0.147 e. The molecule has 1 aromatic rings. The second-order valence-electron chi connectivity index (χ2n) is 6.61. The lowest BCUT2D eigenvalue weighted by atomic mass is 10.1. The molecule has 0 saturated carbocycles. The number of nitrogens with zero attached hydrogens (tertiary/aromatic N) is 3. The SMILES string of the molecule is CCOC1CCN(c2cncc(CNC(C)(C)C)n2)CC1. The Labute approximate surface area is 128 Å². The monoisotopic (exact) mass is 292 g/mol. The summed E-state index contributed by atoms with van der Waals surface area (Å²) in [6.45, 7) is 12.1. The highest BCUT2D eigenvalue weighted by molar-refractivity contribution is 5.36. The highest BCUT2D eigenvalue weighted by atomic mass is 16.5. The van der Waals surface area contributed by atoms with Crippen molar-refractivity contribution in [2.24, 2.45) is 0 Å². The van der Waals surface area contributed by atoms with E-state index in [2.05, 4.69) is 42.9 Å². The Kier molecular flexibility index (Phi) is 5.53. The molecule has 1 aliphatic heterocycles. The quantitative estimate of drug-likeness (QED) is 0.903. The summed E-state index contributed by atoms with van der Waals surface area (Å²) >= 11 is 0. The minimum absolute atomic E-state index is 0.0908. The molecule has 1 aromatic heterocycles. The van der Waals surface area contributed by atoms with Gasteiger partial charge in [0.05, 0.1) is 18.0 Å². The summed E-state index contributed by atoms with van der Waals surface area (Å²) in [4.78, 5) is 11.4. The molecule has 2 heterocycles. The Balaban J connectivity index is 1.92. The van der Waals surface area contributed by atoms with Gasteiger partial charge in [-0.2, -0.15) is 0 Å². The fraction of sp³-hybridized carbons (Fsp3) is 0.750. The zero-order chi connectivity index (χ0) is 15.3. The van der Waals surface area contributed by atoms with Crippen LogP contribution in [0.15, 0.2) is 12.4 Å². The molecule has 0 bridgehead atoms. The molecule has 5 nitrogen and oxygen atoms in total. The summed E-state index contributed by atoms with van der Waals surface area (Å²) in [5.74, 6) is 0.984. The minimum atomic E-state index is 0.0908. The number of piperidine rings is 1. The van der Waals surface area contributed by atoms with Crippen molar-refractivity contribution >= 4 is 5.82 Å². The first-order valence-electron chi connectivity index (χ1n) is 7.90. The summed E-state index contributed by atoms with van der Waals surface area (Å²) in [6.07, 6.45) is 6.25. The molecule has 5 heteroatoms. The fourth-order valence-corrected chi connectivity index (χ4v) is 2.48. The summed E-state index contributed by atoms with van der Waals surface area (Å²) < 4.78 is 5.69. The topological polar surface area (TPSA) is 50.3 Å². The van der Waals surface area contributed by atoms with E-state index in [0.717, 1.165) is 50.6 Å². The Bertz CT molecular complexity index is 436. The van der Waals surface area contributed by atoms with Crippen molar-refractivity contribution in [2.45, 2.75) is 58.7 Å². The Morgan fingerprint density at radius 3 is 2.62 bits per heavy atom. The van der Waals surface area contributed by atoms with E-state index in [1.807, 2.05) is 12.4 Å². The maximum Gasteiger partial charge on any atom is 0.147 e. The molecule has 2 rings (SSSR count). The molecule has 0 unspecified atom stereocenters. The van der Waals surface area contributed by atoms with E-state index in [4.69, 9.17) is 9.72 Å². The van der Waals surface area contributed by atoms with Crippen molar-refractivity contribution in [1.82, 2.24) is 15.3 Å². The lowest BCUT2D eigenvalue weighted by molar-refractivity contribution is 0.0458. The number of ether oxygens (including phenoxy) is 1. The predicted octanol–water partition coefficient (Wildman–Crippen LogP) is 2.37. The lowest BCUT2D eigenvalue weighted by Crippen LogP contribution is -2.38. The molecule has 1 aliphatic rings. The van der Waals surface area contributed by atoms with E-state index in [9.17, 15) is 0 Å². The summed E-state index contributed by atoms with van der Waals surface area (Å²) in [7, 11) is 0. The van der Waals surface area contributed by atoms with Crippen LogP contribution >= 0.6 is 0 Å². The third-order valence-electron chi connectivity index (χ3n) is 3.64. The molecule has 21 heavy (non-hydrogen) atoms. The third-order valence-corrected chi connectivity index (χ3v) is 3.64. The highest BCUT2D eigenvalue weighted by Gasteiger charge is 2.20. The number of nitrogens with one attached hydrogen (secondary N) is 1. The van der Waals surface area contributed by atoms with Crippen LogP contribution in [0.3, 0.4) is 0 Å². The Morgan fingerprint density at radius 1 is 1.29 bits per heavy atom. The van der Waals surface area contributed by atoms with Gasteiger partial charge in [-0.25, -0.2) is 4.98 Å². The first kappa shape index (κ1) is 16.2. The first-order valence-corrected chi connectivity index (χ1v) is 7.90. The predicted molar refractivity (Wildman–Crippen MR) is 85.5 cm³/mol. The van der Waals surface area contributed by atoms with Gasteiger partial charge in [0, 0.05) is 38.0 Å². The lowest BCUT2D eigenvalue weighted by Gasteiger charge is -2.32. The number of hydrogen-bond donors (Lipinski definition) is 1. The first-order chi connectivity index (χ1) is 9.98. The molecular formula is C16H28N4O. The molecule has 1 saturated heterocycles. The van der Waals surface area contributed by atoms with Crippen molar-refractivity contribution < 1.29 is 4.74 Å². The zero-order valence-corrected chi connectivity index (χ0v) is 13.7. The van der Waals surface area contributed by atoms with E-state index < -0.39 is 0 Å². The maximum atomic E-state index is 5.69.